The van der Waals surface area contributed by atoms with Gasteiger partial charge in [0.05, 0.1) is 19.2 Å². The minimum Gasteiger partial charge on any atom is -0.872 e. The molecule has 0 bridgehead atoms. The first kappa shape index (κ1) is 23.8. The lowest BCUT2D eigenvalue weighted by atomic mass is 9.95. The van der Waals surface area contributed by atoms with E-state index in [0.717, 1.165) is 10.9 Å². The van der Waals surface area contributed by atoms with Crippen molar-refractivity contribution in [1.29, 1.82) is 0 Å². The van der Waals surface area contributed by atoms with Gasteiger partial charge in [-0.25, -0.2) is 4.57 Å². The van der Waals surface area contributed by atoms with Crippen molar-refractivity contribution in [3.63, 3.8) is 0 Å². The average molecular weight is 524 g/mol. The summed E-state index contributed by atoms with van der Waals surface area (Å²) in [5.41, 5.74) is 1.07. The van der Waals surface area contributed by atoms with Gasteiger partial charge in [0.1, 0.15) is 18.1 Å². The van der Waals surface area contributed by atoms with Gasteiger partial charge < -0.3 is 14.7 Å². The molecule has 0 saturated carbocycles. The SMILES string of the molecule is CCCOc1ccc(C2/C(=C(\[O-])c3ccc(Br)cc3)C(=O)C(=O)N2CCC[n+]2cc[nH]c2)cc1. The van der Waals surface area contributed by atoms with Crippen LogP contribution in [-0.2, 0) is 16.1 Å². The second-order valence-electron chi connectivity index (χ2n) is 8.10. The zero-order valence-corrected chi connectivity index (χ0v) is 20.5. The molecule has 3 aromatic rings. The molecule has 0 spiro atoms. The molecule has 1 unspecified atom stereocenters. The quantitative estimate of drug-likeness (QED) is 0.202. The molecule has 1 aliphatic rings. The van der Waals surface area contributed by atoms with Crippen molar-refractivity contribution in [2.45, 2.75) is 32.4 Å². The van der Waals surface area contributed by atoms with Gasteiger partial charge in [-0.05, 0) is 41.8 Å². The van der Waals surface area contributed by atoms with Crippen LogP contribution in [0.25, 0.3) is 5.76 Å². The third-order valence-corrected chi connectivity index (χ3v) is 6.25. The normalized spacial score (nSPS) is 17.4. The Labute approximate surface area is 206 Å². The van der Waals surface area contributed by atoms with E-state index >= 15 is 0 Å². The lowest BCUT2D eigenvalue weighted by molar-refractivity contribution is -0.695. The maximum atomic E-state index is 13.4. The van der Waals surface area contributed by atoms with Gasteiger partial charge in [-0.3, -0.25) is 14.6 Å². The highest BCUT2D eigenvalue weighted by molar-refractivity contribution is 9.10. The number of nitrogens with one attached hydrogen (secondary N) is 1. The molecule has 1 aliphatic heterocycles. The molecule has 0 radical (unpaired) electrons. The van der Waals surface area contributed by atoms with Gasteiger partial charge in [-0.2, -0.15) is 0 Å². The average Bonchev–Trinajstić information content (AvgIpc) is 3.45. The lowest BCUT2D eigenvalue weighted by Gasteiger charge is -2.27. The van der Waals surface area contributed by atoms with Crippen molar-refractivity contribution in [3.05, 3.63) is 88.4 Å². The Morgan fingerprint density at radius 1 is 1.15 bits per heavy atom. The maximum Gasteiger partial charge on any atom is 0.295 e. The Hall–Kier alpha value is -3.39. The number of hydrogen-bond acceptors (Lipinski definition) is 4. The molecule has 0 aliphatic carbocycles. The molecule has 2 aromatic carbocycles. The zero-order chi connectivity index (χ0) is 24.1. The van der Waals surface area contributed by atoms with Crippen LogP contribution < -0.4 is 14.4 Å². The summed E-state index contributed by atoms with van der Waals surface area (Å²) in [7, 11) is 0. The van der Waals surface area contributed by atoms with E-state index in [1.165, 1.54) is 4.90 Å². The molecule has 1 N–H and O–H groups in total. The number of carbonyl (C=O) groups is 2. The lowest BCUT2D eigenvalue weighted by Crippen LogP contribution is -2.36. The molecule has 176 valence electrons. The minimum absolute atomic E-state index is 0.0103. The molecule has 34 heavy (non-hydrogen) atoms. The van der Waals surface area contributed by atoms with Crippen LogP contribution in [0.15, 0.2) is 77.3 Å². The first-order valence-corrected chi connectivity index (χ1v) is 12.1. The van der Waals surface area contributed by atoms with Crippen LogP contribution in [0.4, 0.5) is 0 Å². The number of rotatable bonds is 9. The summed E-state index contributed by atoms with van der Waals surface area (Å²) in [5, 5.41) is 13.4. The van der Waals surface area contributed by atoms with Gasteiger partial charge in [0.15, 0.2) is 0 Å². The first-order valence-electron chi connectivity index (χ1n) is 11.3. The van der Waals surface area contributed by atoms with Crippen LogP contribution in [0.2, 0.25) is 0 Å². The molecule has 1 saturated heterocycles. The van der Waals surface area contributed by atoms with Crippen molar-refractivity contribution in [2.75, 3.05) is 13.2 Å². The summed E-state index contributed by atoms with van der Waals surface area (Å²) in [6.07, 6.45) is 7.07. The number of amides is 1. The van der Waals surface area contributed by atoms with Crippen molar-refractivity contribution >= 4 is 33.4 Å². The fourth-order valence-corrected chi connectivity index (χ4v) is 4.32. The smallest absolute Gasteiger partial charge is 0.295 e. The number of H-pyrrole nitrogens is 1. The second kappa shape index (κ2) is 10.7. The minimum atomic E-state index is -0.743. The molecule has 2 heterocycles. The molecule has 1 atom stereocenters. The Kier molecular flexibility index (Phi) is 7.47. The van der Waals surface area contributed by atoms with E-state index in [9.17, 15) is 14.7 Å². The predicted molar refractivity (Wildman–Crippen MR) is 128 cm³/mol. The molecule has 7 nitrogen and oxygen atoms in total. The number of aromatic nitrogens is 2. The molecular weight excluding hydrogens is 498 g/mol. The highest BCUT2D eigenvalue weighted by Gasteiger charge is 2.43. The van der Waals surface area contributed by atoms with E-state index in [-0.39, 0.29) is 5.57 Å². The Morgan fingerprint density at radius 3 is 2.53 bits per heavy atom. The van der Waals surface area contributed by atoms with Gasteiger partial charge >= 0.3 is 0 Å². The number of ketones is 1. The van der Waals surface area contributed by atoms with Crippen molar-refractivity contribution in [2.24, 2.45) is 0 Å². The molecule has 1 aromatic heterocycles. The highest BCUT2D eigenvalue weighted by atomic mass is 79.9. The van der Waals surface area contributed by atoms with E-state index < -0.39 is 23.5 Å². The monoisotopic (exact) mass is 523 g/mol. The Balaban J connectivity index is 1.69. The standard InChI is InChI=1S/C26H26BrN3O4/c1-2-16-34-21-10-6-18(7-11-21)23-22(24(31)19-4-8-20(27)9-5-19)25(32)26(33)30(23)14-3-13-29-15-12-28-17-29/h4-12,15,17,23H,2-3,13-14,16H2,1H3,(H,31,32). The van der Waals surface area contributed by atoms with Gasteiger partial charge in [0, 0.05) is 23.0 Å². The first-order chi connectivity index (χ1) is 16.5. The Morgan fingerprint density at radius 2 is 1.88 bits per heavy atom. The fourth-order valence-electron chi connectivity index (χ4n) is 4.05. The zero-order valence-electron chi connectivity index (χ0n) is 18.9. The summed E-state index contributed by atoms with van der Waals surface area (Å²) >= 11 is 3.36. The predicted octanol–water partition coefficient (Wildman–Crippen LogP) is 3.17. The van der Waals surface area contributed by atoms with Crippen LogP contribution in [0.5, 0.6) is 5.75 Å². The number of carbonyl (C=O) groups excluding carboxylic acids is 2. The van der Waals surface area contributed by atoms with E-state index in [2.05, 4.69) is 20.9 Å². The number of likely N-dealkylation sites (tertiary alicyclic amines) is 1. The van der Waals surface area contributed by atoms with Gasteiger partial charge in [-0.15, -0.1) is 0 Å². The number of benzene rings is 2. The fraction of sp³-hybridized carbons (Fsp3) is 0.269. The molecule has 4 rings (SSSR count). The van der Waals surface area contributed by atoms with Gasteiger partial charge in [0.2, 0.25) is 12.1 Å². The highest BCUT2D eigenvalue weighted by Crippen LogP contribution is 2.39. The largest absolute Gasteiger partial charge is 0.872 e. The van der Waals surface area contributed by atoms with Crippen molar-refractivity contribution in [3.8, 4) is 5.75 Å². The number of nitrogens with zero attached hydrogens (tertiary/aromatic N) is 2. The van der Waals surface area contributed by atoms with Crippen LogP contribution >= 0.6 is 15.9 Å². The number of Topliss-reactive ketones (excluding diaryl/α,β-unsaturated/α-hetero) is 1. The molecule has 1 fully saturated rings. The summed E-state index contributed by atoms with van der Waals surface area (Å²) in [5.74, 6) is -1.10. The summed E-state index contributed by atoms with van der Waals surface area (Å²) in [6, 6.07) is 13.3. The van der Waals surface area contributed by atoms with Crippen molar-refractivity contribution in [1.82, 2.24) is 9.88 Å². The van der Waals surface area contributed by atoms with Gasteiger partial charge in [-0.1, -0.05) is 52.9 Å². The van der Waals surface area contributed by atoms with Gasteiger partial charge in [0.25, 0.3) is 5.91 Å². The van der Waals surface area contributed by atoms with E-state index in [4.69, 9.17) is 4.74 Å². The number of aryl methyl sites for hydroxylation is 1. The summed E-state index contributed by atoms with van der Waals surface area (Å²) in [4.78, 5) is 30.6. The van der Waals surface area contributed by atoms with E-state index in [0.29, 0.717) is 43.0 Å². The topological polar surface area (TPSA) is 89.3 Å². The second-order valence-corrected chi connectivity index (χ2v) is 9.02. The number of ether oxygens (including phenoxy) is 1. The van der Waals surface area contributed by atoms with E-state index in [1.807, 2.05) is 54.5 Å². The summed E-state index contributed by atoms with van der Waals surface area (Å²) in [6.45, 7) is 3.65. The maximum absolute atomic E-state index is 13.4. The van der Waals surface area contributed by atoms with E-state index in [1.54, 1.807) is 24.3 Å². The van der Waals surface area contributed by atoms with Crippen LogP contribution in [0.1, 0.15) is 36.9 Å². The van der Waals surface area contributed by atoms with Crippen LogP contribution in [0.3, 0.4) is 0 Å². The van der Waals surface area contributed by atoms with Crippen LogP contribution in [0, 0.1) is 0 Å². The van der Waals surface area contributed by atoms with Crippen molar-refractivity contribution < 1.29 is 24.0 Å². The van der Waals surface area contributed by atoms with Crippen LogP contribution in [-0.4, -0.2) is 34.7 Å². The number of halogens is 1. The third kappa shape index (κ3) is 5.07. The number of hydrogen-bond donors (Lipinski definition) is 1. The third-order valence-electron chi connectivity index (χ3n) is 5.72. The number of imidazole rings is 1. The molecule has 1 amide bonds. The number of aromatic amines is 1. The summed E-state index contributed by atoms with van der Waals surface area (Å²) < 4.78 is 8.46. The molecular formula is C26H26BrN3O4. The Bertz CT molecular complexity index is 1170. The molecule has 8 heteroatoms.